The van der Waals surface area contributed by atoms with Crippen molar-refractivity contribution in [2.45, 2.75) is 25.3 Å². The molecule has 1 amide bonds. The zero-order valence-corrected chi connectivity index (χ0v) is 17.1. The van der Waals surface area contributed by atoms with Gasteiger partial charge in [0.25, 0.3) is 0 Å². The SMILES string of the molecule is O=C(Cc1coc2ccc3ccccc3c12)NC[C@H](c1cccs1)[NH+]1CCCC1. The first-order chi connectivity index (χ1) is 14.3. The van der Waals surface area contributed by atoms with E-state index < -0.39 is 0 Å². The van der Waals surface area contributed by atoms with Crippen LogP contribution >= 0.6 is 11.3 Å². The van der Waals surface area contributed by atoms with Gasteiger partial charge in [-0.05, 0) is 28.3 Å². The number of amides is 1. The first-order valence-corrected chi connectivity index (χ1v) is 11.2. The van der Waals surface area contributed by atoms with Crippen LogP contribution in [0.1, 0.15) is 29.3 Å². The molecule has 2 N–H and O–H groups in total. The number of hydrogen-bond acceptors (Lipinski definition) is 3. The van der Waals surface area contributed by atoms with Crippen molar-refractivity contribution in [2.75, 3.05) is 19.6 Å². The number of thiophene rings is 1. The van der Waals surface area contributed by atoms with E-state index in [9.17, 15) is 4.79 Å². The maximum absolute atomic E-state index is 12.8. The topological polar surface area (TPSA) is 46.7 Å². The van der Waals surface area contributed by atoms with E-state index in [0.29, 0.717) is 19.0 Å². The van der Waals surface area contributed by atoms with Gasteiger partial charge >= 0.3 is 0 Å². The third-order valence-electron chi connectivity index (χ3n) is 6.02. The van der Waals surface area contributed by atoms with Gasteiger partial charge in [-0.3, -0.25) is 4.79 Å². The van der Waals surface area contributed by atoms with E-state index in [1.165, 1.54) is 36.2 Å². The van der Waals surface area contributed by atoms with Crippen LogP contribution in [0.4, 0.5) is 0 Å². The van der Waals surface area contributed by atoms with Crippen molar-refractivity contribution >= 4 is 39.0 Å². The summed E-state index contributed by atoms with van der Waals surface area (Å²) in [6, 6.07) is 17.0. The minimum Gasteiger partial charge on any atom is -0.464 e. The number of rotatable bonds is 6. The fourth-order valence-corrected chi connectivity index (χ4v) is 5.45. The molecule has 0 radical (unpaired) electrons. The van der Waals surface area contributed by atoms with Crippen molar-refractivity contribution in [2.24, 2.45) is 0 Å². The average molecular weight is 406 g/mol. The van der Waals surface area contributed by atoms with Crippen molar-refractivity contribution in [3.8, 4) is 0 Å². The third kappa shape index (κ3) is 3.68. The van der Waals surface area contributed by atoms with Crippen LogP contribution in [0.15, 0.2) is 64.6 Å². The first kappa shape index (κ1) is 18.4. The maximum Gasteiger partial charge on any atom is 0.224 e. The Morgan fingerprint density at radius 1 is 1.10 bits per heavy atom. The van der Waals surface area contributed by atoms with Gasteiger partial charge in [-0.15, -0.1) is 11.3 Å². The van der Waals surface area contributed by atoms with E-state index >= 15 is 0 Å². The summed E-state index contributed by atoms with van der Waals surface area (Å²) in [5.41, 5.74) is 1.79. The molecule has 5 heteroatoms. The van der Waals surface area contributed by atoms with Crippen LogP contribution < -0.4 is 10.2 Å². The number of fused-ring (bicyclic) bond motifs is 3. The van der Waals surface area contributed by atoms with Gasteiger partial charge in [0.1, 0.15) is 11.6 Å². The Balaban J connectivity index is 1.33. The minimum atomic E-state index is 0.0563. The standard InChI is InChI=1S/C24H24N2O2S/c27-23(25-15-20(22-8-5-13-29-22)26-11-3-4-12-26)14-18-16-28-21-10-9-17-6-1-2-7-19(17)24(18)21/h1-2,5-10,13,16,20H,3-4,11-12,14-15H2,(H,25,27)/p+1/t20-/m1/s1. The van der Waals surface area contributed by atoms with E-state index in [-0.39, 0.29) is 5.91 Å². The first-order valence-electron chi connectivity index (χ1n) is 10.3. The summed E-state index contributed by atoms with van der Waals surface area (Å²) < 4.78 is 5.74. The molecule has 2 aromatic heterocycles. The molecule has 1 fully saturated rings. The number of carbonyl (C=O) groups excluding carboxylic acids is 1. The lowest BCUT2D eigenvalue weighted by atomic mass is 10.0. The van der Waals surface area contributed by atoms with E-state index in [2.05, 4.69) is 41.0 Å². The molecule has 5 rings (SSSR count). The molecule has 148 valence electrons. The number of furan rings is 1. The minimum absolute atomic E-state index is 0.0563. The Morgan fingerprint density at radius 3 is 2.79 bits per heavy atom. The zero-order valence-electron chi connectivity index (χ0n) is 16.3. The van der Waals surface area contributed by atoms with Crippen LogP contribution in [0.2, 0.25) is 0 Å². The highest BCUT2D eigenvalue weighted by Gasteiger charge is 2.28. The van der Waals surface area contributed by atoms with Crippen LogP contribution in [-0.4, -0.2) is 25.5 Å². The van der Waals surface area contributed by atoms with Crippen molar-refractivity contribution in [3.63, 3.8) is 0 Å². The number of quaternary nitrogens is 1. The predicted octanol–water partition coefficient (Wildman–Crippen LogP) is 3.73. The van der Waals surface area contributed by atoms with E-state index in [0.717, 1.165) is 21.9 Å². The Kier molecular flexibility index (Phi) is 5.08. The van der Waals surface area contributed by atoms with Crippen molar-refractivity contribution < 1.29 is 14.1 Å². The second-order valence-corrected chi connectivity index (χ2v) is 8.81. The second-order valence-electron chi connectivity index (χ2n) is 7.83. The molecule has 0 unspecified atom stereocenters. The lowest BCUT2D eigenvalue weighted by Crippen LogP contribution is -3.11. The summed E-state index contributed by atoms with van der Waals surface area (Å²) >= 11 is 1.79. The summed E-state index contributed by atoms with van der Waals surface area (Å²) in [5, 5.41) is 8.69. The lowest BCUT2D eigenvalue weighted by molar-refractivity contribution is -0.918. The molecule has 0 bridgehead atoms. The van der Waals surface area contributed by atoms with Crippen molar-refractivity contribution in [3.05, 3.63) is 70.6 Å². The summed E-state index contributed by atoms with van der Waals surface area (Å²) in [7, 11) is 0. The van der Waals surface area contributed by atoms with E-state index in [1.54, 1.807) is 22.5 Å². The maximum atomic E-state index is 12.8. The molecule has 1 saturated heterocycles. The molecular formula is C24H25N2O2S+. The Morgan fingerprint density at radius 2 is 1.97 bits per heavy atom. The van der Waals surface area contributed by atoms with Crippen LogP contribution in [0.5, 0.6) is 0 Å². The molecule has 1 atom stereocenters. The Bertz CT molecular complexity index is 1130. The molecule has 4 nitrogen and oxygen atoms in total. The quantitative estimate of drug-likeness (QED) is 0.514. The molecule has 29 heavy (non-hydrogen) atoms. The predicted molar refractivity (Wildman–Crippen MR) is 117 cm³/mol. The second kappa shape index (κ2) is 8.01. The van der Waals surface area contributed by atoms with Gasteiger partial charge in [0.15, 0.2) is 0 Å². The number of nitrogens with one attached hydrogen (secondary N) is 2. The molecular weight excluding hydrogens is 380 g/mol. The van der Waals surface area contributed by atoms with Crippen molar-refractivity contribution in [1.82, 2.24) is 5.32 Å². The molecule has 0 saturated carbocycles. The van der Waals surface area contributed by atoms with Gasteiger partial charge in [0.05, 0.1) is 37.2 Å². The highest BCUT2D eigenvalue weighted by Crippen LogP contribution is 2.30. The molecule has 0 spiro atoms. The van der Waals surface area contributed by atoms with Gasteiger partial charge < -0.3 is 14.6 Å². The average Bonchev–Trinajstić information content (AvgIpc) is 3.51. The van der Waals surface area contributed by atoms with Gasteiger partial charge in [-0.2, -0.15) is 0 Å². The fourth-order valence-electron chi connectivity index (χ4n) is 4.57. The van der Waals surface area contributed by atoms with Gasteiger partial charge in [0, 0.05) is 23.8 Å². The lowest BCUT2D eigenvalue weighted by Gasteiger charge is -2.24. The summed E-state index contributed by atoms with van der Waals surface area (Å²) in [6.45, 7) is 3.07. The van der Waals surface area contributed by atoms with Crippen LogP contribution in [0.25, 0.3) is 21.7 Å². The van der Waals surface area contributed by atoms with E-state index in [4.69, 9.17) is 4.42 Å². The summed E-state index contributed by atoms with van der Waals surface area (Å²) in [4.78, 5) is 15.8. The third-order valence-corrected chi connectivity index (χ3v) is 7.01. The van der Waals surface area contributed by atoms with Gasteiger partial charge in [-0.1, -0.05) is 36.4 Å². The summed E-state index contributed by atoms with van der Waals surface area (Å²) in [5.74, 6) is 0.0563. The van der Waals surface area contributed by atoms with Crippen molar-refractivity contribution in [1.29, 1.82) is 0 Å². The molecule has 4 aromatic rings. The van der Waals surface area contributed by atoms with E-state index in [1.807, 2.05) is 18.2 Å². The number of carbonyl (C=O) groups is 1. The van der Waals surface area contributed by atoms with Crippen LogP contribution in [0, 0.1) is 0 Å². The zero-order chi connectivity index (χ0) is 19.6. The molecule has 2 aromatic carbocycles. The molecule has 0 aliphatic carbocycles. The Hall–Kier alpha value is -2.63. The normalized spacial score (nSPS) is 15.9. The van der Waals surface area contributed by atoms with Gasteiger partial charge in [0.2, 0.25) is 5.91 Å². The van der Waals surface area contributed by atoms with Gasteiger partial charge in [-0.25, -0.2) is 0 Å². The largest absolute Gasteiger partial charge is 0.464 e. The Labute approximate surface area is 174 Å². The number of hydrogen-bond donors (Lipinski definition) is 2. The molecule has 1 aliphatic heterocycles. The smallest absolute Gasteiger partial charge is 0.224 e. The molecule has 3 heterocycles. The van der Waals surface area contributed by atoms with Crippen LogP contribution in [0.3, 0.4) is 0 Å². The molecule has 1 aliphatic rings. The fraction of sp³-hybridized carbons (Fsp3) is 0.292. The monoisotopic (exact) mass is 405 g/mol. The summed E-state index contributed by atoms with van der Waals surface area (Å²) in [6.07, 6.45) is 4.63. The highest BCUT2D eigenvalue weighted by atomic mass is 32.1. The van der Waals surface area contributed by atoms with Crippen LogP contribution in [-0.2, 0) is 11.2 Å². The number of benzene rings is 2. The number of likely N-dealkylation sites (tertiary alicyclic amines) is 1. The highest BCUT2D eigenvalue weighted by molar-refractivity contribution is 7.10.